The first-order valence-electron chi connectivity index (χ1n) is 4.80. The molecule has 100 valence electrons. The molecule has 0 spiro atoms. The molecule has 0 aromatic heterocycles. The SMILES string of the molecule is CCOC(=O)c1cccc(C(=O)O)c1S(=O)(=O)O.[KH]. The first-order valence-corrected chi connectivity index (χ1v) is 6.24. The number of carboxylic acids is 1. The van der Waals surface area contributed by atoms with Crippen molar-refractivity contribution in [1.29, 1.82) is 0 Å². The van der Waals surface area contributed by atoms with E-state index in [-0.39, 0.29) is 58.0 Å². The van der Waals surface area contributed by atoms with E-state index < -0.39 is 38.1 Å². The second-order valence-corrected chi connectivity index (χ2v) is 4.54. The van der Waals surface area contributed by atoms with Crippen molar-refractivity contribution in [3.8, 4) is 0 Å². The molecule has 0 heterocycles. The molecule has 1 aromatic carbocycles. The molecule has 0 unspecified atom stereocenters. The summed E-state index contributed by atoms with van der Waals surface area (Å²) in [6.07, 6.45) is 0. The third-order valence-corrected chi connectivity index (χ3v) is 2.95. The Morgan fingerprint density at radius 1 is 1.26 bits per heavy atom. The predicted octanol–water partition coefficient (Wildman–Crippen LogP) is 0.160. The van der Waals surface area contributed by atoms with E-state index in [9.17, 15) is 18.0 Å². The van der Waals surface area contributed by atoms with Crippen molar-refractivity contribution in [2.75, 3.05) is 6.61 Å². The van der Waals surface area contributed by atoms with Gasteiger partial charge in [-0.2, -0.15) is 8.42 Å². The number of carboxylic acid groups (broad SMARTS) is 1. The van der Waals surface area contributed by atoms with Crippen LogP contribution in [0, 0.1) is 0 Å². The standard InChI is InChI=1S/C10H10O7S.K.H/c1-2-17-10(13)7-5-3-4-6(9(11)12)8(7)18(14,15)16;;/h3-5H,2H2,1H3,(H,11,12)(H,14,15,16);;. The Morgan fingerprint density at radius 3 is 2.21 bits per heavy atom. The molecule has 1 rings (SSSR count). The number of hydrogen-bond acceptors (Lipinski definition) is 5. The maximum atomic E-state index is 11.5. The Bertz CT molecular complexity index is 594. The molecule has 9 heteroatoms. The summed E-state index contributed by atoms with van der Waals surface area (Å²) >= 11 is 0. The van der Waals surface area contributed by atoms with Crippen LogP contribution in [-0.2, 0) is 14.9 Å². The number of hydrogen-bond donors (Lipinski definition) is 2. The van der Waals surface area contributed by atoms with Crippen molar-refractivity contribution in [3.63, 3.8) is 0 Å². The van der Waals surface area contributed by atoms with Gasteiger partial charge in [0.05, 0.1) is 17.7 Å². The van der Waals surface area contributed by atoms with Crippen molar-refractivity contribution in [2.24, 2.45) is 0 Å². The Balaban J connectivity index is 0.00000324. The topological polar surface area (TPSA) is 118 Å². The van der Waals surface area contributed by atoms with E-state index in [4.69, 9.17) is 9.66 Å². The Morgan fingerprint density at radius 2 is 1.79 bits per heavy atom. The molecule has 0 bridgehead atoms. The summed E-state index contributed by atoms with van der Waals surface area (Å²) in [5.74, 6) is -2.60. The third-order valence-electron chi connectivity index (χ3n) is 2.00. The van der Waals surface area contributed by atoms with Gasteiger partial charge in [-0.05, 0) is 19.1 Å². The van der Waals surface area contributed by atoms with Crippen LogP contribution < -0.4 is 0 Å². The molecule has 0 fully saturated rings. The summed E-state index contributed by atoms with van der Waals surface area (Å²) < 4.78 is 36.0. The average molecular weight is 314 g/mol. The van der Waals surface area contributed by atoms with E-state index in [0.717, 1.165) is 12.1 Å². The second-order valence-electron chi connectivity index (χ2n) is 3.18. The molecule has 0 aliphatic heterocycles. The van der Waals surface area contributed by atoms with Crippen molar-refractivity contribution in [1.82, 2.24) is 0 Å². The van der Waals surface area contributed by atoms with Gasteiger partial charge in [0.25, 0.3) is 10.1 Å². The Hall–Kier alpha value is -0.294. The van der Waals surface area contributed by atoms with E-state index in [0.29, 0.717) is 0 Å². The molecule has 0 atom stereocenters. The zero-order chi connectivity index (χ0) is 13.9. The van der Waals surface area contributed by atoms with Crippen LogP contribution in [0.5, 0.6) is 0 Å². The number of rotatable bonds is 4. The van der Waals surface area contributed by atoms with E-state index in [1.807, 2.05) is 0 Å². The van der Waals surface area contributed by atoms with Gasteiger partial charge in [-0.3, -0.25) is 4.55 Å². The fourth-order valence-corrected chi connectivity index (χ4v) is 2.22. The predicted molar refractivity (Wildman–Crippen MR) is 66.3 cm³/mol. The summed E-state index contributed by atoms with van der Waals surface area (Å²) in [5.41, 5.74) is -1.21. The normalized spacial score (nSPS) is 10.4. The molecular formula is C10H11KO7S. The number of benzene rings is 1. The molecule has 0 amide bonds. The van der Waals surface area contributed by atoms with Crippen LogP contribution in [0.15, 0.2) is 23.1 Å². The molecule has 0 aliphatic rings. The molecule has 0 saturated heterocycles. The fraction of sp³-hybridized carbons (Fsp3) is 0.200. The van der Waals surface area contributed by atoms with Gasteiger partial charge in [-0.15, -0.1) is 0 Å². The molecule has 0 aliphatic carbocycles. The summed E-state index contributed by atoms with van der Waals surface area (Å²) in [6.45, 7) is 1.49. The van der Waals surface area contributed by atoms with Gasteiger partial charge in [0, 0.05) is 0 Å². The Kier molecular flexibility index (Phi) is 7.36. The second kappa shape index (κ2) is 7.48. The van der Waals surface area contributed by atoms with Crippen molar-refractivity contribution < 1.29 is 32.4 Å². The van der Waals surface area contributed by atoms with Gasteiger partial charge >= 0.3 is 63.3 Å². The fourth-order valence-electron chi connectivity index (χ4n) is 1.35. The minimum atomic E-state index is -4.85. The molecule has 2 N–H and O–H groups in total. The zero-order valence-electron chi connectivity index (χ0n) is 9.28. The molecule has 7 nitrogen and oxygen atoms in total. The van der Waals surface area contributed by atoms with Crippen LogP contribution in [-0.4, -0.2) is 88.0 Å². The summed E-state index contributed by atoms with van der Waals surface area (Å²) in [6, 6.07) is 3.21. The Labute approximate surface area is 152 Å². The summed E-state index contributed by atoms with van der Waals surface area (Å²) in [7, 11) is -4.85. The van der Waals surface area contributed by atoms with Gasteiger partial charge in [0.15, 0.2) is 0 Å². The zero-order valence-corrected chi connectivity index (χ0v) is 10.1. The van der Waals surface area contributed by atoms with E-state index in [1.54, 1.807) is 0 Å². The molecule has 1 aromatic rings. The first kappa shape index (κ1) is 18.7. The number of ether oxygens (including phenoxy) is 1. The van der Waals surface area contributed by atoms with Crippen LogP contribution in [0.1, 0.15) is 27.6 Å². The van der Waals surface area contributed by atoms with Crippen LogP contribution in [0.4, 0.5) is 0 Å². The van der Waals surface area contributed by atoms with Gasteiger partial charge in [-0.1, -0.05) is 6.07 Å². The molecular weight excluding hydrogens is 303 g/mol. The maximum absolute atomic E-state index is 11.5. The minimum absolute atomic E-state index is 0. The van der Waals surface area contributed by atoms with Gasteiger partial charge < -0.3 is 9.84 Å². The summed E-state index contributed by atoms with van der Waals surface area (Å²) in [4.78, 5) is 21.4. The first-order chi connectivity index (χ1) is 8.29. The molecule has 19 heavy (non-hydrogen) atoms. The van der Waals surface area contributed by atoms with E-state index in [2.05, 4.69) is 4.74 Å². The van der Waals surface area contributed by atoms with Crippen LogP contribution >= 0.6 is 0 Å². The van der Waals surface area contributed by atoms with Crippen LogP contribution in [0.25, 0.3) is 0 Å². The average Bonchev–Trinajstić information content (AvgIpc) is 2.27. The molecule has 0 radical (unpaired) electrons. The van der Waals surface area contributed by atoms with Crippen LogP contribution in [0.3, 0.4) is 0 Å². The molecule has 0 saturated carbocycles. The van der Waals surface area contributed by atoms with Gasteiger partial charge in [0.1, 0.15) is 4.90 Å². The van der Waals surface area contributed by atoms with E-state index in [1.165, 1.54) is 13.0 Å². The number of carbonyl (C=O) groups is 2. The van der Waals surface area contributed by atoms with Crippen molar-refractivity contribution in [3.05, 3.63) is 29.3 Å². The third kappa shape index (κ3) is 4.63. The number of aromatic carboxylic acids is 1. The quantitative estimate of drug-likeness (QED) is 0.461. The monoisotopic (exact) mass is 314 g/mol. The van der Waals surface area contributed by atoms with Gasteiger partial charge in [-0.25, -0.2) is 9.59 Å². The van der Waals surface area contributed by atoms with Crippen molar-refractivity contribution >= 4 is 73.4 Å². The van der Waals surface area contributed by atoms with E-state index >= 15 is 0 Å². The van der Waals surface area contributed by atoms with Gasteiger partial charge in [0.2, 0.25) is 0 Å². The van der Waals surface area contributed by atoms with Crippen LogP contribution in [0.2, 0.25) is 0 Å². The number of carbonyl (C=O) groups excluding carboxylic acids is 1. The number of esters is 1. The summed E-state index contributed by atoms with van der Waals surface area (Å²) in [5, 5.41) is 8.84. The van der Waals surface area contributed by atoms with Crippen molar-refractivity contribution in [2.45, 2.75) is 11.8 Å².